The topological polar surface area (TPSA) is 79.3 Å². The van der Waals surface area contributed by atoms with Gasteiger partial charge in [-0.15, -0.1) is 0 Å². The molecule has 0 unspecified atom stereocenters. The van der Waals surface area contributed by atoms with Gasteiger partial charge in [-0.3, -0.25) is 14.0 Å². The normalized spacial score (nSPS) is 12.9. The Balaban J connectivity index is 1.12. The standard InChI is InChI=1S/C37H26F6N4O2S/c38-36(39,40)25-13-21(14-26(18-25)37(41,42)43)15-28(48)17-23(16-24-19-44-30-6-2-1-5-29(24)30)34(49)45-27-11-9-22(10-12-27)31-20-47-32-7-3-4-8-33(32)50-35(47)46-31/h1-14,18-20,23,44H,15-17H2,(H,45,49)/t23-/m1/s1. The fraction of sp³-hybridized carbons (Fsp3) is 0.162. The number of amides is 1. The van der Waals surface area contributed by atoms with Crippen molar-refractivity contribution in [3.05, 3.63) is 126 Å². The van der Waals surface area contributed by atoms with Crippen molar-refractivity contribution in [3.63, 3.8) is 0 Å². The van der Waals surface area contributed by atoms with E-state index in [-0.39, 0.29) is 12.5 Å². The van der Waals surface area contributed by atoms with Gasteiger partial charge in [0.1, 0.15) is 5.78 Å². The number of carbonyl (C=O) groups excluding carboxylic acids is 2. The molecular formula is C37H26F6N4O2S. The lowest BCUT2D eigenvalue weighted by molar-refractivity contribution is -0.143. The van der Waals surface area contributed by atoms with E-state index in [1.54, 1.807) is 41.8 Å². The second kappa shape index (κ2) is 12.8. The number of hydrogen-bond acceptors (Lipinski definition) is 4. The SMILES string of the molecule is O=C(Cc1cc(C(F)(F)F)cc(C(F)(F)F)c1)C[C@@H](Cc1c[nH]c2ccccc12)C(=O)Nc1ccc(-c2cn3c(n2)sc2ccccc23)cc1. The number of ketones is 1. The summed E-state index contributed by atoms with van der Waals surface area (Å²) in [6.07, 6.45) is -7.48. The number of aromatic nitrogens is 3. The minimum absolute atomic E-state index is 0.0179. The lowest BCUT2D eigenvalue weighted by Gasteiger charge is -2.17. The van der Waals surface area contributed by atoms with E-state index in [9.17, 15) is 35.9 Å². The molecule has 50 heavy (non-hydrogen) atoms. The monoisotopic (exact) mass is 704 g/mol. The van der Waals surface area contributed by atoms with Crippen LogP contribution in [0.4, 0.5) is 32.0 Å². The van der Waals surface area contributed by atoms with Crippen LogP contribution in [0.1, 0.15) is 28.7 Å². The number of thiazole rings is 1. The number of nitrogens with one attached hydrogen (secondary N) is 2. The smallest absolute Gasteiger partial charge is 0.361 e. The van der Waals surface area contributed by atoms with Crippen LogP contribution in [-0.2, 0) is 34.8 Å². The maximum absolute atomic E-state index is 13.7. The number of Topliss-reactive ketones (excluding diaryl/α,β-unsaturated/α-hetero) is 1. The molecule has 0 fully saturated rings. The molecule has 0 aliphatic heterocycles. The predicted octanol–water partition coefficient (Wildman–Crippen LogP) is 9.73. The maximum atomic E-state index is 13.7. The van der Waals surface area contributed by atoms with Gasteiger partial charge < -0.3 is 10.3 Å². The summed E-state index contributed by atoms with van der Waals surface area (Å²) in [7, 11) is 0. The van der Waals surface area contributed by atoms with E-state index in [0.29, 0.717) is 17.8 Å². The molecule has 254 valence electrons. The number of H-pyrrole nitrogens is 1. The molecule has 1 atom stereocenters. The minimum atomic E-state index is -5.05. The molecular weight excluding hydrogens is 678 g/mol. The van der Waals surface area contributed by atoms with Gasteiger partial charge in [-0.2, -0.15) is 26.3 Å². The van der Waals surface area contributed by atoms with Crippen molar-refractivity contribution in [3.8, 4) is 11.3 Å². The van der Waals surface area contributed by atoms with E-state index >= 15 is 0 Å². The molecule has 0 saturated heterocycles. The molecule has 0 saturated carbocycles. The van der Waals surface area contributed by atoms with E-state index in [1.807, 2.05) is 59.1 Å². The van der Waals surface area contributed by atoms with E-state index in [0.717, 1.165) is 42.9 Å². The van der Waals surface area contributed by atoms with Crippen molar-refractivity contribution in [2.24, 2.45) is 5.92 Å². The van der Waals surface area contributed by atoms with E-state index in [1.165, 1.54) is 0 Å². The molecule has 0 bridgehead atoms. The zero-order chi connectivity index (χ0) is 35.2. The molecule has 3 aromatic heterocycles. The first-order valence-electron chi connectivity index (χ1n) is 15.4. The molecule has 1 amide bonds. The Hall–Kier alpha value is -5.43. The summed E-state index contributed by atoms with van der Waals surface area (Å²) in [6.45, 7) is 0. The van der Waals surface area contributed by atoms with Crippen LogP contribution >= 0.6 is 11.3 Å². The number of rotatable bonds is 9. The highest BCUT2D eigenvalue weighted by Crippen LogP contribution is 2.37. The average Bonchev–Trinajstić information content (AvgIpc) is 3.77. The third-order valence-electron chi connectivity index (χ3n) is 8.48. The highest BCUT2D eigenvalue weighted by molar-refractivity contribution is 7.23. The molecule has 13 heteroatoms. The number of alkyl halides is 6. The van der Waals surface area contributed by atoms with E-state index in [2.05, 4.69) is 10.3 Å². The van der Waals surface area contributed by atoms with Crippen molar-refractivity contribution in [2.75, 3.05) is 5.32 Å². The van der Waals surface area contributed by atoms with Crippen LogP contribution in [-0.4, -0.2) is 26.1 Å². The number of aromatic amines is 1. The van der Waals surface area contributed by atoms with Crippen molar-refractivity contribution in [1.29, 1.82) is 0 Å². The summed E-state index contributed by atoms with van der Waals surface area (Å²) in [6, 6.07) is 23.4. The second-order valence-electron chi connectivity index (χ2n) is 12.0. The third-order valence-corrected chi connectivity index (χ3v) is 9.52. The summed E-state index contributed by atoms with van der Waals surface area (Å²) < 4.78 is 83.7. The summed E-state index contributed by atoms with van der Waals surface area (Å²) in [4.78, 5) is 35.7. The number of benzene rings is 4. The molecule has 3 heterocycles. The summed E-state index contributed by atoms with van der Waals surface area (Å²) in [5.41, 5.74) is 1.12. The van der Waals surface area contributed by atoms with Crippen LogP contribution < -0.4 is 5.32 Å². The highest BCUT2D eigenvalue weighted by atomic mass is 32.1. The first-order valence-corrected chi connectivity index (χ1v) is 16.3. The van der Waals surface area contributed by atoms with Crippen molar-refractivity contribution < 1.29 is 35.9 Å². The van der Waals surface area contributed by atoms with Gasteiger partial charge in [0.25, 0.3) is 0 Å². The predicted molar refractivity (Wildman–Crippen MR) is 180 cm³/mol. The van der Waals surface area contributed by atoms with Crippen molar-refractivity contribution >= 4 is 54.8 Å². The Kier molecular flexibility index (Phi) is 8.46. The van der Waals surface area contributed by atoms with Gasteiger partial charge in [0, 0.05) is 53.3 Å². The highest BCUT2D eigenvalue weighted by Gasteiger charge is 2.37. The minimum Gasteiger partial charge on any atom is -0.361 e. The molecule has 0 spiro atoms. The van der Waals surface area contributed by atoms with Crippen LogP contribution in [0.5, 0.6) is 0 Å². The van der Waals surface area contributed by atoms with Crippen LogP contribution in [0.25, 0.3) is 37.3 Å². The van der Waals surface area contributed by atoms with E-state index in [4.69, 9.17) is 4.98 Å². The number of halogens is 6. The van der Waals surface area contributed by atoms with Gasteiger partial charge in [-0.05, 0) is 66.1 Å². The van der Waals surface area contributed by atoms with E-state index < -0.39 is 59.5 Å². The number of imidazole rings is 1. The van der Waals surface area contributed by atoms with Gasteiger partial charge in [0.2, 0.25) is 5.91 Å². The number of nitrogens with zero attached hydrogens (tertiary/aromatic N) is 2. The molecule has 0 aliphatic carbocycles. The largest absolute Gasteiger partial charge is 0.416 e. The van der Waals surface area contributed by atoms with Gasteiger partial charge >= 0.3 is 12.4 Å². The number of fused-ring (bicyclic) bond motifs is 4. The number of para-hydroxylation sites is 2. The number of anilines is 1. The lowest BCUT2D eigenvalue weighted by Crippen LogP contribution is -2.27. The summed E-state index contributed by atoms with van der Waals surface area (Å²) in [5.74, 6) is -2.19. The van der Waals surface area contributed by atoms with Crippen LogP contribution in [0.3, 0.4) is 0 Å². The summed E-state index contributed by atoms with van der Waals surface area (Å²) in [5, 5.41) is 3.65. The Labute approximate surface area is 284 Å². The molecule has 4 aromatic carbocycles. The fourth-order valence-electron chi connectivity index (χ4n) is 6.08. The molecule has 6 nitrogen and oxygen atoms in total. The third kappa shape index (κ3) is 6.86. The molecule has 7 aromatic rings. The zero-order valence-corrected chi connectivity index (χ0v) is 26.7. The lowest BCUT2D eigenvalue weighted by atomic mass is 9.90. The second-order valence-corrected chi connectivity index (χ2v) is 13.0. The van der Waals surface area contributed by atoms with Crippen LogP contribution in [0, 0.1) is 5.92 Å². The van der Waals surface area contributed by atoms with Gasteiger partial charge in [-0.1, -0.05) is 53.8 Å². The molecule has 0 radical (unpaired) electrons. The van der Waals surface area contributed by atoms with Crippen molar-refractivity contribution in [2.45, 2.75) is 31.6 Å². The molecule has 2 N–H and O–H groups in total. The van der Waals surface area contributed by atoms with Crippen molar-refractivity contribution in [1.82, 2.24) is 14.4 Å². The first-order chi connectivity index (χ1) is 23.8. The van der Waals surface area contributed by atoms with Crippen LogP contribution in [0.15, 0.2) is 103 Å². The Morgan fingerprint density at radius 2 is 1.54 bits per heavy atom. The molecule has 7 rings (SSSR count). The fourth-order valence-corrected chi connectivity index (χ4v) is 7.08. The maximum Gasteiger partial charge on any atom is 0.416 e. The Morgan fingerprint density at radius 3 is 2.26 bits per heavy atom. The zero-order valence-electron chi connectivity index (χ0n) is 25.9. The average molecular weight is 705 g/mol. The van der Waals surface area contributed by atoms with Gasteiger partial charge in [0.05, 0.1) is 27.0 Å². The van der Waals surface area contributed by atoms with Gasteiger partial charge in [-0.25, -0.2) is 4.98 Å². The molecule has 0 aliphatic rings. The van der Waals surface area contributed by atoms with Gasteiger partial charge in [0.15, 0.2) is 4.96 Å². The quantitative estimate of drug-likeness (QED) is 0.147. The van der Waals surface area contributed by atoms with Crippen LogP contribution in [0.2, 0.25) is 0 Å². The number of hydrogen-bond donors (Lipinski definition) is 2. The first kappa shape index (κ1) is 33.1. The number of carbonyl (C=O) groups is 2. The Morgan fingerprint density at radius 1 is 0.860 bits per heavy atom. The summed E-state index contributed by atoms with van der Waals surface area (Å²) >= 11 is 1.57. The Bertz CT molecular complexity index is 2340.